The van der Waals surface area contributed by atoms with Crippen molar-refractivity contribution in [3.8, 4) is 17.6 Å². The summed E-state index contributed by atoms with van der Waals surface area (Å²) in [4.78, 5) is 33.6. The van der Waals surface area contributed by atoms with Crippen LogP contribution in [0, 0.1) is 11.3 Å². The molecule has 172 valence electrons. The van der Waals surface area contributed by atoms with Gasteiger partial charge in [0.05, 0.1) is 12.8 Å². The number of rotatable bonds is 8. The predicted octanol–water partition coefficient (Wildman–Crippen LogP) is 3.30. The van der Waals surface area contributed by atoms with Crippen LogP contribution >= 0.6 is 22.7 Å². The normalized spacial score (nSPS) is 11.3. The van der Waals surface area contributed by atoms with Crippen molar-refractivity contribution in [2.75, 3.05) is 12.4 Å². The van der Waals surface area contributed by atoms with Crippen LogP contribution in [0.5, 0.6) is 11.5 Å². The maximum atomic E-state index is 12.3. The summed E-state index contributed by atoms with van der Waals surface area (Å²) in [6, 6.07) is 8.27. The summed E-state index contributed by atoms with van der Waals surface area (Å²) in [5.41, 5.74) is 0.685. The molecular formula is C22H18N6O4S2. The van der Waals surface area contributed by atoms with Crippen LogP contribution in [-0.4, -0.2) is 32.6 Å². The molecule has 0 aliphatic rings. The Morgan fingerprint density at radius 1 is 1.32 bits per heavy atom. The van der Waals surface area contributed by atoms with E-state index in [4.69, 9.17) is 9.47 Å². The third kappa shape index (κ3) is 5.11. The van der Waals surface area contributed by atoms with Gasteiger partial charge in [0.15, 0.2) is 16.6 Å². The number of aryl methyl sites for hydroxylation is 1. The number of ether oxygens (including phenoxy) is 2. The van der Waals surface area contributed by atoms with E-state index in [-0.39, 0.29) is 17.7 Å². The monoisotopic (exact) mass is 494 g/mol. The Kier molecular flexibility index (Phi) is 6.95. The first-order valence-electron chi connectivity index (χ1n) is 10.0. The van der Waals surface area contributed by atoms with Gasteiger partial charge in [-0.25, -0.2) is 9.97 Å². The summed E-state index contributed by atoms with van der Waals surface area (Å²) in [6.45, 7) is 2.02. The van der Waals surface area contributed by atoms with Crippen LogP contribution in [0.25, 0.3) is 11.0 Å². The van der Waals surface area contributed by atoms with Crippen molar-refractivity contribution in [3.05, 3.63) is 68.0 Å². The van der Waals surface area contributed by atoms with E-state index in [2.05, 4.69) is 20.4 Å². The van der Waals surface area contributed by atoms with E-state index in [1.165, 1.54) is 46.4 Å². The zero-order valence-electron chi connectivity index (χ0n) is 18.1. The lowest BCUT2D eigenvalue weighted by Gasteiger charge is -2.11. The maximum Gasteiger partial charge on any atom is 0.275 e. The minimum Gasteiger partial charge on any atom is -0.493 e. The van der Waals surface area contributed by atoms with Crippen molar-refractivity contribution < 1.29 is 14.3 Å². The van der Waals surface area contributed by atoms with Gasteiger partial charge in [0.25, 0.3) is 11.5 Å². The molecule has 0 aliphatic carbocycles. The molecule has 1 aromatic carbocycles. The highest BCUT2D eigenvalue weighted by Crippen LogP contribution is 2.29. The average Bonchev–Trinajstić information content (AvgIpc) is 3.51. The van der Waals surface area contributed by atoms with Crippen molar-refractivity contribution in [2.24, 2.45) is 0 Å². The number of amides is 1. The number of carbonyl (C=O) groups excluding carboxylic acids is 1. The lowest BCUT2D eigenvalue weighted by molar-refractivity contribution is -0.112. The van der Waals surface area contributed by atoms with Gasteiger partial charge < -0.3 is 9.47 Å². The SMILES string of the molecule is CCc1nn2c(=O)cc(COc3ccc(/C=C(/C#N)C(=O)Nc4nccs4)cc3OC)nc2s1. The molecule has 0 atom stereocenters. The molecule has 0 unspecified atom stereocenters. The van der Waals surface area contributed by atoms with Gasteiger partial charge in [-0.15, -0.1) is 11.3 Å². The van der Waals surface area contributed by atoms with E-state index >= 15 is 0 Å². The minimum atomic E-state index is -0.557. The van der Waals surface area contributed by atoms with Crippen molar-refractivity contribution in [3.63, 3.8) is 0 Å². The van der Waals surface area contributed by atoms with Crippen molar-refractivity contribution in [1.29, 1.82) is 5.26 Å². The molecule has 0 saturated carbocycles. The Labute approximate surface area is 201 Å². The highest BCUT2D eigenvalue weighted by Gasteiger charge is 2.13. The topological polar surface area (TPSA) is 132 Å². The molecule has 10 nitrogen and oxygen atoms in total. The molecular weight excluding hydrogens is 476 g/mol. The number of nitrogens with one attached hydrogen (secondary N) is 1. The molecule has 4 rings (SSSR count). The zero-order valence-corrected chi connectivity index (χ0v) is 19.8. The molecule has 0 saturated heterocycles. The lowest BCUT2D eigenvalue weighted by atomic mass is 10.1. The standard InChI is InChI=1S/C22H18N6O4S2/c1-3-18-27-28-19(29)10-15(25-22(28)34-18)12-32-16-5-4-13(9-17(16)31-2)8-14(11-23)20(30)26-21-24-6-7-33-21/h4-10H,3,12H2,1-2H3,(H,24,26,30)/b14-8-. The number of benzene rings is 1. The Morgan fingerprint density at radius 3 is 2.88 bits per heavy atom. The third-order valence-corrected chi connectivity index (χ3v) is 6.28. The number of nitriles is 1. The molecule has 0 radical (unpaired) electrons. The summed E-state index contributed by atoms with van der Waals surface area (Å²) in [5, 5.41) is 19.2. The number of carbonyl (C=O) groups is 1. The number of hydrogen-bond acceptors (Lipinski definition) is 10. The number of methoxy groups -OCH3 is 1. The number of aromatic nitrogens is 4. The fraction of sp³-hybridized carbons (Fsp3) is 0.182. The summed E-state index contributed by atoms with van der Waals surface area (Å²) < 4.78 is 12.5. The van der Waals surface area contributed by atoms with E-state index in [0.29, 0.717) is 32.8 Å². The molecule has 3 aromatic heterocycles. The molecule has 12 heteroatoms. The number of fused-ring (bicyclic) bond motifs is 1. The van der Waals surface area contributed by atoms with E-state index in [1.807, 2.05) is 13.0 Å². The molecule has 0 spiro atoms. The van der Waals surface area contributed by atoms with E-state index in [1.54, 1.807) is 29.8 Å². The molecule has 3 heterocycles. The van der Waals surface area contributed by atoms with Crippen LogP contribution in [0.1, 0.15) is 23.2 Å². The Bertz CT molecular complexity index is 1470. The second-order valence-electron chi connectivity index (χ2n) is 6.79. The third-order valence-electron chi connectivity index (χ3n) is 4.53. The Morgan fingerprint density at radius 2 is 2.18 bits per heavy atom. The first-order chi connectivity index (χ1) is 16.5. The number of thiazole rings is 1. The van der Waals surface area contributed by atoms with Crippen LogP contribution in [-0.2, 0) is 17.8 Å². The molecule has 1 N–H and O–H groups in total. The van der Waals surface area contributed by atoms with Gasteiger partial charge in [-0.05, 0) is 30.2 Å². The van der Waals surface area contributed by atoms with Gasteiger partial charge in [-0.3, -0.25) is 14.9 Å². The second kappa shape index (κ2) is 10.2. The predicted molar refractivity (Wildman–Crippen MR) is 128 cm³/mol. The van der Waals surface area contributed by atoms with Crippen molar-refractivity contribution in [2.45, 2.75) is 20.0 Å². The van der Waals surface area contributed by atoms with E-state index in [0.717, 1.165) is 11.4 Å². The van der Waals surface area contributed by atoms with Gasteiger partial charge >= 0.3 is 0 Å². The Balaban J connectivity index is 1.51. The smallest absolute Gasteiger partial charge is 0.275 e. The fourth-order valence-corrected chi connectivity index (χ4v) is 4.30. The van der Waals surface area contributed by atoms with Crippen LogP contribution < -0.4 is 20.3 Å². The average molecular weight is 495 g/mol. The van der Waals surface area contributed by atoms with Gasteiger partial charge in [0.1, 0.15) is 23.3 Å². The summed E-state index contributed by atoms with van der Waals surface area (Å²) in [5.74, 6) is 0.264. The van der Waals surface area contributed by atoms with Crippen LogP contribution in [0.3, 0.4) is 0 Å². The zero-order chi connectivity index (χ0) is 24.1. The molecule has 0 bridgehead atoms. The first-order valence-corrected chi connectivity index (χ1v) is 11.7. The summed E-state index contributed by atoms with van der Waals surface area (Å²) in [6.07, 6.45) is 3.72. The highest BCUT2D eigenvalue weighted by molar-refractivity contribution is 7.16. The van der Waals surface area contributed by atoms with Crippen molar-refractivity contribution in [1.82, 2.24) is 19.6 Å². The van der Waals surface area contributed by atoms with E-state index < -0.39 is 5.91 Å². The lowest BCUT2D eigenvalue weighted by Crippen LogP contribution is -2.16. The fourth-order valence-electron chi connectivity index (χ4n) is 2.92. The van der Waals surface area contributed by atoms with E-state index in [9.17, 15) is 14.9 Å². The quantitative estimate of drug-likeness (QED) is 0.292. The van der Waals surface area contributed by atoms with Gasteiger partial charge in [0, 0.05) is 17.6 Å². The molecule has 0 aliphatic heterocycles. The number of hydrogen-bond donors (Lipinski definition) is 1. The maximum absolute atomic E-state index is 12.3. The van der Waals surface area contributed by atoms with Crippen LogP contribution in [0.4, 0.5) is 5.13 Å². The first kappa shape index (κ1) is 23.1. The summed E-state index contributed by atoms with van der Waals surface area (Å²) in [7, 11) is 1.48. The van der Waals surface area contributed by atoms with Gasteiger partial charge in [-0.1, -0.05) is 24.3 Å². The number of nitrogens with zero attached hydrogens (tertiary/aromatic N) is 5. The van der Waals surface area contributed by atoms with Gasteiger partial charge in [-0.2, -0.15) is 14.9 Å². The second-order valence-corrected chi connectivity index (χ2v) is 8.72. The summed E-state index contributed by atoms with van der Waals surface area (Å²) >= 11 is 2.62. The Hall–Kier alpha value is -4.08. The molecule has 34 heavy (non-hydrogen) atoms. The number of anilines is 1. The highest BCUT2D eigenvalue weighted by atomic mass is 32.1. The van der Waals surface area contributed by atoms with Crippen molar-refractivity contribution >= 4 is 44.7 Å². The largest absolute Gasteiger partial charge is 0.493 e. The minimum absolute atomic E-state index is 0.0519. The molecule has 1 amide bonds. The van der Waals surface area contributed by atoms with Gasteiger partial charge in [0.2, 0.25) is 4.96 Å². The van der Waals surface area contributed by atoms with Crippen LogP contribution in [0.15, 0.2) is 46.2 Å². The van der Waals surface area contributed by atoms with Crippen LogP contribution in [0.2, 0.25) is 0 Å². The molecule has 4 aromatic rings. The molecule has 0 fully saturated rings.